The van der Waals surface area contributed by atoms with Gasteiger partial charge in [-0.3, -0.25) is 0 Å². The Hall–Kier alpha value is -3.83. The number of phenols is 1. The van der Waals surface area contributed by atoms with Gasteiger partial charge in [0.1, 0.15) is 5.75 Å². The summed E-state index contributed by atoms with van der Waals surface area (Å²) < 4.78 is 0. The molecule has 0 aliphatic rings. The van der Waals surface area contributed by atoms with E-state index in [1.54, 1.807) is 24.3 Å². The fraction of sp³-hybridized carbons (Fsp3) is 0. The van der Waals surface area contributed by atoms with Gasteiger partial charge in [-0.1, -0.05) is 91.0 Å². The van der Waals surface area contributed by atoms with E-state index in [4.69, 9.17) is 5.11 Å². The zero-order chi connectivity index (χ0) is 18.9. The minimum atomic E-state index is 0.322. The van der Waals surface area contributed by atoms with Gasteiger partial charge in [0, 0.05) is 5.56 Å². The van der Waals surface area contributed by atoms with E-state index in [1.807, 2.05) is 60.7 Å². The van der Waals surface area contributed by atoms with E-state index in [0.29, 0.717) is 11.3 Å². The molecule has 0 unspecified atom stereocenters. The van der Waals surface area contributed by atoms with Crippen LogP contribution in [0.4, 0.5) is 0 Å². The van der Waals surface area contributed by atoms with Gasteiger partial charge in [0.05, 0.1) is 11.6 Å². The number of nitriles is 1. The molecule has 0 saturated heterocycles. The van der Waals surface area contributed by atoms with Crippen molar-refractivity contribution in [1.29, 1.82) is 5.26 Å². The monoisotopic (exact) mass is 349 g/mol. The maximum Gasteiger partial charge on any atom is 0.115 e. The number of rotatable bonds is 2. The quantitative estimate of drug-likeness (QED) is 0.462. The molecule has 130 valence electrons. The molecule has 0 heterocycles. The van der Waals surface area contributed by atoms with E-state index in [0.717, 1.165) is 22.3 Å². The summed E-state index contributed by atoms with van der Waals surface area (Å²) in [5, 5.41) is 17.9. The smallest absolute Gasteiger partial charge is 0.115 e. The molecular formula is C25H19NO. The van der Waals surface area contributed by atoms with E-state index in [-0.39, 0.29) is 0 Å². The molecule has 2 heteroatoms. The molecule has 0 amide bonds. The topological polar surface area (TPSA) is 44.0 Å². The van der Waals surface area contributed by atoms with Crippen LogP contribution in [0.5, 0.6) is 5.75 Å². The van der Waals surface area contributed by atoms with Crippen molar-refractivity contribution in [2.45, 2.75) is 0 Å². The van der Waals surface area contributed by atoms with Gasteiger partial charge in [-0.05, 0) is 34.9 Å². The molecule has 0 atom stereocenters. The largest absolute Gasteiger partial charge is 0.508 e. The SMILES string of the molecule is N#Cc1ccccc1-c1ccccc1-c1ccccc1.Oc1ccccc1. The minimum Gasteiger partial charge on any atom is -0.508 e. The highest BCUT2D eigenvalue weighted by Crippen LogP contribution is 2.33. The maximum atomic E-state index is 9.29. The fourth-order valence-electron chi connectivity index (χ4n) is 2.83. The van der Waals surface area contributed by atoms with Gasteiger partial charge in [-0.25, -0.2) is 0 Å². The van der Waals surface area contributed by atoms with Crippen LogP contribution in [0, 0.1) is 11.3 Å². The van der Waals surface area contributed by atoms with Crippen LogP contribution < -0.4 is 0 Å². The summed E-state index contributed by atoms with van der Waals surface area (Å²) in [6.07, 6.45) is 0. The molecule has 0 aromatic heterocycles. The lowest BCUT2D eigenvalue weighted by molar-refractivity contribution is 0.475. The summed E-state index contributed by atoms with van der Waals surface area (Å²) in [5.74, 6) is 0.322. The van der Waals surface area contributed by atoms with Crippen LogP contribution in [-0.4, -0.2) is 5.11 Å². The Balaban J connectivity index is 0.000000253. The lowest BCUT2D eigenvalue weighted by atomic mass is 9.92. The third kappa shape index (κ3) is 4.62. The zero-order valence-corrected chi connectivity index (χ0v) is 14.8. The van der Waals surface area contributed by atoms with Crippen molar-refractivity contribution in [3.63, 3.8) is 0 Å². The van der Waals surface area contributed by atoms with Gasteiger partial charge in [-0.15, -0.1) is 0 Å². The van der Waals surface area contributed by atoms with E-state index in [2.05, 4.69) is 30.3 Å². The second kappa shape index (κ2) is 9.03. The van der Waals surface area contributed by atoms with E-state index < -0.39 is 0 Å². The highest BCUT2D eigenvalue weighted by atomic mass is 16.3. The lowest BCUT2D eigenvalue weighted by Gasteiger charge is -2.11. The van der Waals surface area contributed by atoms with Gasteiger partial charge in [0.2, 0.25) is 0 Å². The van der Waals surface area contributed by atoms with E-state index in [1.165, 1.54) is 0 Å². The third-order valence-corrected chi connectivity index (χ3v) is 4.11. The highest BCUT2D eigenvalue weighted by molar-refractivity contribution is 5.85. The Labute approximate surface area is 159 Å². The average Bonchev–Trinajstić information content (AvgIpc) is 2.75. The molecule has 0 aliphatic heterocycles. The molecule has 1 N–H and O–H groups in total. The standard InChI is InChI=1S/C19H13N.C6H6O/c20-14-16-10-4-5-12-18(16)19-13-7-6-11-17(19)15-8-2-1-3-9-15;7-6-4-2-1-3-5-6/h1-13H;1-5,7H. The van der Waals surface area contributed by atoms with Crippen LogP contribution in [-0.2, 0) is 0 Å². The number of hydrogen-bond donors (Lipinski definition) is 1. The van der Waals surface area contributed by atoms with Crippen molar-refractivity contribution in [2.75, 3.05) is 0 Å². The molecule has 27 heavy (non-hydrogen) atoms. The Morgan fingerprint density at radius 3 is 1.56 bits per heavy atom. The predicted octanol–water partition coefficient (Wildman–Crippen LogP) is 6.28. The summed E-state index contributed by atoms with van der Waals surface area (Å²) in [7, 11) is 0. The number of phenolic OH excluding ortho intramolecular Hbond substituents is 1. The molecule has 0 aliphatic carbocycles. The molecule has 4 aromatic rings. The molecule has 0 radical (unpaired) electrons. The maximum absolute atomic E-state index is 9.29. The summed E-state index contributed by atoms with van der Waals surface area (Å²) in [4.78, 5) is 0. The number of nitrogens with zero attached hydrogens (tertiary/aromatic N) is 1. The zero-order valence-electron chi connectivity index (χ0n) is 14.8. The van der Waals surface area contributed by atoms with Gasteiger partial charge in [0.15, 0.2) is 0 Å². The Kier molecular flexibility index (Phi) is 6.01. The Morgan fingerprint density at radius 1 is 0.519 bits per heavy atom. The summed E-state index contributed by atoms with van der Waals surface area (Å²) in [5.41, 5.74) is 5.09. The number of aromatic hydroxyl groups is 1. The van der Waals surface area contributed by atoms with Crippen LogP contribution in [0.15, 0.2) is 109 Å². The molecule has 0 spiro atoms. The van der Waals surface area contributed by atoms with Crippen LogP contribution >= 0.6 is 0 Å². The number of benzene rings is 4. The molecule has 2 nitrogen and oxygen atoms in total. The van der Waals surface area contributed by atoms with Gasteiger partial charge < -0.3 is 5.11 Å². The van der Waals surface area contributed by atoms with Crippen molar-refractivity contribution in [3.8, 4) is 34.1 Å². The van der Waals surface area contributed by atoms with Crippen molar-refractivity contribution in [3.05, 3.63) is 115 Å². The highest BCUT2D eigenvalue weighted by Gasteiger charge is 2.09. The lowest BCUT2D eigenvalue weighted by Crippen LogP contribution is -1.88. The number of hydrogen-bond acceptors (Lipinski definition) is 2. The molecule has 4 aromatic carbocycles. The first kappa shape index (κ1) is 18.0. The first-order chi connectivity index (χ1) is 13.3. The molecule has 0 saturated carbocycles. The minimum absolute atomic E-state index is 0.322. The molecule has 4 rings (SSSR count). The van der Waals surface area contributed by atoms with Gasteiger partial charge in [-0.2, -0.15) is 5.26 Å². The van der Waals surface area contributed by atoms with Crippen LogP contribution in [0.3, 0.4) is 0 Å². The Morgan fingerprint density at radius 2 is 1.00 bits per heavy atom. The van der Waals surface area contributed by atoms with Crippen LogP contribution in [0.25, 0.3) is 22.3 Å². The second-order valence-electron chi connectivity index (χ2n) is 5.90. The van der Waals surface area contributed by atoms with Crippen molar-refractivity contribution in [1.82, 2.24) is 0 Å². The fourth-order valence-corrected chi connectivity index (χ4v) is 2.83. The van der Waals surface area contributed by atoms with Crippen molar-refractivity contribution in [2.24, 2.45) is 0 Å². The third-order valence-electron chi connectivity index (χ3n) is 4.11. The van der Waals surface area contributed by atoms with E-state index in [9.17, 15) is 5.26 Å². The van der Waals surface area contributed by atoms with Gasteiger partial charge >= 0.3 is 0 Å². The summed E-state index contributed by atoms with van der Waals surface area (Å²) in [6, 6.07) is 37.2. The predicted molar refractivity (Wildman–Crippen MR) is 110 cm³/mol. The van der Waals surface area contributed by atoms with Crippen molar-refractivity contribution < 1.29 is 5.11 Å². The van der Waals surface area contributed by atoms with Crippen LogP contribution in [0.1, 0.15) is 5.56 Å². The average molecular weight is 349 g/mol. The molecular weight excluding hydrogens is 330 g/mol. The van der Waals surface area contributed by atoms with Gasteiger partial charge in [0.25, 0.3) is 0 Å². The first-order valence-corrected chi connectivity index (χ1v) is 8.67. The second-order valence-corrected chi connectivity index (χ2v) is 5.90. The van der Waals surface area contributed by atoms with Crippen LogP contribution in [0.2, 0.25) is 0 Å². The Bertz CT molecular complexity index is 1030. The summed E-state index contributed by atoms with van der Waals surface area (Å²) >= 11 is 0. The van der Waals surface area contributed by atoms with E-state index >= 15 is 0 Å². The number of para-hydroxylation sites is 1. The summed E-state index contributed by atoms with van der Waals surface area (Å²) in [6.45, 7) is 0. The normalized spacial score (nSPS) is 9.59. The molecule has 0 fully saturated rings. The molecule has 0 bridgehead atoms. The first-order valence-electron chi connectivity index (χ1n) is 8.67. The van der Waals surface area contributed by atoms with Crippen molar-refractivity contribution >= 4 is 0 Å².